The topological polar surface area (TPSA) is 63.2 Å². The Morgan fingerprint density at radius 1 is 1.10 bits per heavy atom. The molecule has 0 saturated carbocycles. The Bertz CT molecular complexity index is 658. The maximum Gasteiger partial charge on any atom is 0.269 e. The summed E-state index contributed by atoms with van der Waals surface area (Å²) in [6.07, 6.45) is 0. The van der Waals surface area contributed by atoms with Gasteiger partial charge in [0.25, 0.3) is 5.69 Å². The third-order valence-corrected chi connectivity index (χ3v) is 4.82. The van der Waals surface area contributed by atoms with E-state index in [4.69, 9.17) is 0 Å². The van der Waals surface area contributed by atoms with E-state index in [1.165, 1.54) is 12.1 Å². The summed E-state index contributed by atoms with van der Waals surface area (Å²) in [5.41, 5.74) is 0.932. The zero-order valence-corrected chi connectivity index (χ0v) is 11.3. The normalized spacial score (nSPS) is 18.6. The van der Waals surface area contributed by atoms with Crippen molar-refractivity contribution in [3.05, 3.63) is 64.7 Å². The number of nitrogens with zero attached hydrogens (tertiary/aromatic N) is 2. The van der Waals surface area contributed by atoms with E-state index in [2.05, 4.69) is 0 Å². The Balaban J connectivity index is 1.73. The molecule has 1 heterocycles. The van der Waals surface area contributed by atoms with Crippen LogP contribution < -0.4 is 4.90 Å². The van der Waals surface area contributed by atoms with E-state index in [9.17, 15) is 14.3 Å². The average molecular weight is 288 g/mol. The molecule has 0 bridgehead atoms. The molecule has 20 heavy (non-hydrogen) atoms. The second kappa shape index (κ2) is 5.05. The van der Waals surface area contributed by atoms with Crippen molar-refractivity contribution in [2.24, 2.45) is 0 Å². The second-order valence-corrected chi connectivity index (χ2v) is 6.10. The Labute approximate surface area is 118 Å². The Morgan fingerprint density at radius 2 is 1.75 bits per heavy atom. The minimum absolute atomic E-state index is 0.0427. The zero-order valence-electron chi connectivity index (χ0n) is 10.5. The van der Waals surface area contributed by atoms with Gasteiger partial charge in [-0.05, 0) is 24.3 Å². The van der Waals surface area contributed by atoms with Gasteiger partial charge in [0.1, 0.15) is 5.37 Å². The van der Waals surface area contributed by atoms with Crippen LogP contribution in [0.3, 0.4) is 0 Å². The van der Waals surface area contributed by atoms with Gasteiger partial charge in [-0.1, -0.05) is 18.2 Å². The van der Waals surface area contributed by atoms with Gasteiger partial charge < -0.3 is 4.90 Å². The van der Waals surface area contributed by atoms with Gasteiger partial charge >= 0.3 is 0 Å². The summed E-state index contributed by atoms with van der Waals surface area (Å²) in [6.45, 7) is 0.708. The highest BCUT2D eigenvalue weighted by molar-refractivity contribution is 7.86. The molecule has 1 saturated heterocycles. The molecule has 2 unspecified atom stereocenters. The molecule has 1 aliphatic heterocycles. The van der Waals surface area contributed by atoms with Gasteiger partial charge in [0.05, 0.1) is 22.3 Å². The summed E-state index contributed by atoms with van der Waals surface area (Å²) >= 11 is 0. The summed E-state index contributed by atoms with van der Waals surface area (Å²) in [5.74, 6) is 0. The lowest BCUT2D eigenvalue weighted by molar-refractivity contribution is -0.384. The Hall–Kier alpha value is -2.21. The lowest BCUT2D eigenvalue weighted by Crippen LogP contribution is -2.06. The predicted octanol–water partition coefficient (Wildman–Crippen LogP) is 2.55. The Morgan fingerprint density at radius 3 is 2.35 bits per heavy atom. The number of hydrogen-bond acceptors (Lipinski definition) is 4. The van der Waals surface area contributed by atoms with Gasteiger partial charge in [-0.2, -0.15) is 0 Å². The molecule has 2 aromatic carbocycles. The molecule has 102 valence electrons. The highest BCUT2D eigenvalue weighted by atomic mass is 32.2. The van der Waals surface area contributed by atoms with Crippen molar-refractivity contribution < 1.29 is 9.13 Å². The molecule has 5 nitrogen and oxygen atoms in total. The number of nitro groups is 1. The molecule has 1 aliphatic rings. The smallest absolute Gasteiger partial charge is 0.269 e. The molecule has 2 aromatic rings. The average Bonchev–Trinajstić information content (AvgIpc) is 3.28. The van der Waals surface area contributed by atoms with Crippen molar-refractivity contribution in [3.8, 4) is 0 Å². The monoisotopic (exact) mass is 288 g/mol. The van der Waals surface area contributed by atoms with Crippen molar-refractivity contribution >= 4 is 22.2 Å². The number of benzene rings is 2. The van der Waals surface area contributed by atoms with E-state index in [1.807, 2.05) is 35.2 Å². The molecule has 0 spiro atoms. The third-order valence-electron chi connectivity index (χ3n) is 3.18. The van der Waals surface area contributed by atoms with Crippen molar-refractivity contribution in [3.63, 3.8) is 0 Å². The molecule has 1 fully saturated rings. The second-order valence-electron chi connectivity index (χ2n) is 4.49. The summed E-state index contributed by atoms with van der Waals surface area (Å²) in [6, 6.07) is 15.7. The van der Waals surface area contributed by atoms with Gasteiger partial charge in [0.15, 0.2) is 0 Å². The molecule has 2 atom stereocenters. The number of hydrogen-bond donors (Lipinski definition) is 0. The van der Waals surface area contributed by atoms with Gasteiger partial charge in [0.2, 0.25) is 0 Å². The van der Waals surface area contributed by atoms with E-state index in [-0.39, 0.29) is 11.1 Å². The van der Waals surface area contributed by atoms with Crippen LogP contribution in [0.1, 0.15) is 0 Å². The zero-order chi connectivity index (χ0) is 14.1. The summed E-state index contributed by atoms with van der Waals surface area (Å²) in [4.78, 5) is 13.0. The lowest BCUT2D eigenvalue weighted by atomic mass is 10.3. The predicted molar refractivity (Wildman–Crippen MR) is 77.1 cm³/mol. The van der Waals surface area contributed by atoms with Crippen molar-refractivity contribution in [2.45, 2.75) is 10.3 Å². The SMILES string of the molecule is O=[N+]([O-])c1ccc(N2CC2S(=O)c2ccccc2)cc1. The van der Waals surface area contributed by atoms with Crippen LogP contribution in [-0.2, 0) is 10.8 Å². The van der Waals surface area contributed by atoms with E-state index < -0.39 is 15.7 Å². The molecule has 0 aromatic heterocycles. The van der Waals surface area contributed by atoms with E-state index >= 15 is 0 Å². The van der Waals surface area contributed by atoms with Crippen LogP contribution in [0.15, 0.2) is 59.5 Å². The fourth-order valence-corrected chi connectivity index (χ4v) is 3.44. The standard InChI is InChI=1S/C14H12N2O3S/c17-16(18)12-8-6-11(7-9-12)15-10-14(15)20(19)13-4-2-1-3-5-13/h1-9,14H,10H2. The fourth-order valence-electron chi connectivity index (χ4n) is 2.05. The van der Waals surface area contributed by atoms with Crippen molar-refractivity contribution in [2.75, 3.05) is 11.4 Å². The molecule has 3 rings (SSSR count). The van der Waals surface area contributed by atoms with Crippen LogP contribution in [0.2, 0.25) is 0 Å². The Kier molecular flexibility index (Phi) is 3.23. The van der Waals surface area contributed by atoms with Crippen LogP contribution in [0.25, 0.3) is 0 Å². The number of rotatable bonds is 4. The number of non-ortho nitro benzene ring substituents is 1. The van der Waals surface area contributed by atoms with Crippen LogP contribution in [-0.4, -0.2) is 21.1 Å². The molecule has 6 heteroatoms. The minimum atomic E-state index is -1.08. The van der Waals surface area contributed by atoms with Gasteiger partial charge in [-0.3, -0.25) is 14.3 Å². The first-order chi connectivity index (χ1) is 9.66. The quantitative estimate of drug-likeness (QED) is 0.493. The molecule has 0 radical (unpaired) electrons. The number of nitro benzene ring substituents is 1. The molecule has 0 aliphatic carbocycles. The van der Waals surface area contributed by atoms with Crippen LogP contribution >= 0.6 is 0 Å². The highest BCUT2D eigenvalue weighted by Gasteiger charge is 2.40. The van der Waals surface area contributed by atoms with Crippen molar-refractivity contribution in [1.82, 2.24) is 0 Å². The molecule has 0 N–H and O–H groups in total. The van der Waals surface area contributed by atoms with Crippen LogP contribution in [0.5, 0.6) is 0 Å². The summed E-state index contributed by atoms with van der Waals surface area (Å²) in [5, 5.41) is 10.6. The molecule has 0 amide bonds. The van der Waals surface area contributed by atoms with Gasteiger partial charge in [-0.15, -0.1) is 0 Å². The molecular formula is C14H12N2O3S. The van der Waals surface area contributed by atoms with Gasteiger partial charge in [0, 0.05) is 22.7 Å². The largest absolute Gasteiger partial charge is 0.352 e. The highest BCUT2D eigenvalue weighted by Crippen LogP contribution is 2.33. The van der Waals surface area contributed by atoms with E-state index in [1.54, 1.807) is 12.1 Å². The van der Waals surface area contributed by atoms with Crippen molar-refractivity contribution in [1.29, 1.82) is 0 Å². The van der Waals surface area contributed by atoms with Crippen LogP contribution in [0.4, 0.5) is 11.4 Å². The van der Waals surface area contributed by atoms with E-state index in [0.29, 0.717) is 6.54 Å². The maximum atomic E-state index is 12.3. The van der Waals surface area contributed by atoms with Crippen LogP contribution in [0, 0.1) is 10.1 Å². The first-order valence-electron chi connectivity index (χ1n) is 6.13. The summed E-state index contributed by atoms with van der Waals surface area (Å²) in [7, 11) is -1.08. The first kappa shape index (κ1) is 12.8. The number of anilines is 1. The summed E-state index contributed by atoms with van der Waals surface area (Å²) < 4.78 is 12.3. The molecular weight excluding hydrogens is 276 g/mol. The van der Waals surface area contributed by atoms with Gasteiger partial charge in [-0.25, -0.2) is 0 Å². The maximum absolute atomic E-state index is 12.3. The minimum Gasteiger partial charge on any atom is -0.352 e. The first-order valence-corrected chi connectivity index (χ1v) is 7.35. The third kappa shape index (κ3) is 2.42. The fraction of sp³-hybridized carbons (Fsp3) is 0.143. The lowest BCUT2D eigenvalue weighted by Gasteiger charge is -2.05. The van der Waals surface area contributed by atoms with E-state index in [0.717, 1.165) is 10.6 Å².